The number of aryl methyl sites for hydroxylation is 1. The smallest absolute Gasteiger partial charge is 0.150 e. The SMILES string of the molecule is CCn1c(C)nnc1C(N)C1CC1. The number of nitrogens with two attached hydrogens (primary N) is 1. The summed E-state index contributed by atoms with van der Waals surface area (Å²) in [6.45, 7) is 4.98. The number of hydrogen-bond donors (Lipinski definition) is 1. The van der Waals surface area contributed by atoms with Crippen molar-refractivity contribution in [2.24, 2.45) is 11.7 Å². The van der Waals surface area contributed by atoms with Crippen molar-refractivity contribution < 1.29 is 0 Å². The van der Waals surface area contributed by atoms with Gasteiger partial charge in [0.15, 0.2) is 0 Å². The molecular formula is C9H16N4. The zero-order valence-electron chi connectivity index (χ0n) is 8.20. The van der Waals surface area contributed by atoms with Gasteiger partial charge < -0.3 is 10.3 Å². The van der Waals surface area contributed by atoms with Gasteiger partial charge in [-0.2, -0.15) is 0 Å². The summed E-state index contributed by atoms with van der Waals surface area (Å²) in [4.78, 5) is 0. The monoisotopic (exact) mass is 180 g/mol. The lowest BCUT2D eigenvalue weighted by atomic mass is 10.2. The van der Waals surface area contributed by atoms with Gasteiger partial charge in [0.2, 0.25) is 0 Å². The molecule has 1 aromatic heterocycles. The third-order valence-electron chi connectivity index (χ3n) is 2.71. The van der Waals surface area contributed by atoms with Crippen LogP contribution in [-0.4, -0.2) is 14.8 Å². The van der Waals surface area contributed by atoms with Crippen LogP contribution in [0.1, 0.15) is 37.5 Å². The zero-order valence-corrected chi connectivity index (χ0v) is 8.20. The van der Waals surface area contributed by atoms with Crippen LogP contribution in [0.4, 0.5) is 0 Å². The quantitative estimate of drug-likeness (QED) is 0.755. The molecule has 1 heterocycles. The second kappa shape index (κ2) is 3.10. The van der Waals surface area contributed by atoms with Crippen molar-refractivity contribution in [1.82, 2.24) is 14.8 Å². The van der Waals surface area contributed by atoms with Crippen molar-refractivity contribution in [1.29, 1.82) is 0 Å². The topological polar surface area (TPSA) is 56.7 Å². The van der Waals surface area contributed by atoms with Crippen LogP contribution in [0, 0.1) is 12.8 Å². The van der Waals surface area contributed by atoms with E-state index in [-0.39, 0.29) is 6.04 Å². The second-order valence-electron chi connectivity index (χ2n) is 3.71. The summed E-state index contributed by atoms with van der Waals surface area (Å²) in [5.74, 6) is 2.57. The molecule has 72 valence electrons. The molecular weight excluding hydrogens is 164 g/mol. The molecule has 0 bridgehead atoms. The number of nitrogens with zero attached hydrogens (tertiary/aromatic N) is 3. The normalized spacial score (nSPS) is 19.0. The number of rotatable bonds is 3. The number of aromatic nitrogens is 3. The third kappa shape index (κ3) is 1.46. The molecule has 1 aromatic rings. The Hall–Kier alpha value is -0.900. The first-order valence-corrected chi connectivity index (χ1v) is 4.89. The predicted molar refractivity (Wildman–Crippen MR) is 50.1 cm³/mol. The largest absolute Gasteiger partial charge is 0.321 e. The van der Waals surface area contributed by atoms with Crippen LogP contribution in [0.15, 0.2) is 0 Å². The predicted octanol–water partition coefficient (Wildman–Crippen LogP) is 1.02. The van der Waals surface area contributed by atoms with Crippen molar-refractivity contribution in [2.75, 3.05) is 0 Å². The van der Waals surface area contributed by atoms with Gasteiger partial charge in [0.25, 0.3) is 0 Å². The van der Waals surface area contributed by atoms with Crippen LogP contribution in [-0.2, 0) is 6.54 Å². The molecule has 1 saturated carbocycles. The molecule has 0 amide bonds. The van der Waals surface area contributed by atoms with Crippen LogP contribution in [0.2, 0.25) is 0 Å². The highest BCUT2D eigenvalue weighted by atomic mass is 15.3. The fraction of sp³-hybridized carbons (Fsp3) is 0.778. The molecule has 0 saturated heterocycles. The lowest BCUT2D eigenvalue weighted by Gasteiger charge is -2.11. The lowest BCUT2D eigenvalue weighted by Crippen LogP contribution is -2.18. The van der Waals surface area contributed by atoms with Crippen LogP contribution in [0.3, 0.4) is 0 Å². The van der Waals surface area contributed by atoms with E-state index in [4.69, 9.17) is 5.73 Å². The standard InChI is InChI=1S/C9H16N4/c1-3-13-6(2)11-12-9(13)8(10)7-4-5-7/h7-8H,3-5,10H2,1-2H3. The van der Waals surface area contributed by atoms with Gasteiger partial charge in [0.1, 0.15) is 11.6 Å². The Labute approximate surface area is 78.1 Å². The summed E-state index contributed by atoms with van der Waals surface area (Å²) in [7, 11) is 0. The van der Waals surface area contributed by atoms with Crippen molar-refractivity contribution in [3.8, 4) is 0 Å². The van der Waals surface area contributed by atoms with Gasteiger partial charge >= 0.3 is 0 Å². The van der Waals surface area contributed by atoms with E-state index in [9.17, 15) is 0 Å². The van der Waals surface area contributed by atoms with Crippen LogP contribution in [0.25, 0.3) is 0 Å². The summed E-state index contributed by atoms with van der Waals surface area (Å²) < 4.78 is 2.10. The average Bonchev–Trinajstić information content (AvgIpc) is 2.89. The summed E-state index contributed by atoms with van der Waals surface area (Å²) >= 11 is 0. The van der Waals surface area contributed by atoms with E-state index >= 15 is 0 Å². The Morgan fingerprint density at radius 2 is 2.23 bits per heavy atom. The van der Waals surface area contributed by atoms with Crippen LogP contribution >= 0.6 is 0 Å². The molecule has 0 aromatic carbocycles. The molecule has 13 heavy (non-hydrogen) atoms. The van der Waals surface area contributed by atoms with Crippen LogP contribution < -0.4 is 5.73 Å². The molecule has 4 nitrogen and oxygen atoms in total. The van der Waals surface area contributed by atoms with E-state index in [1.165, 1.54) is 12.8 Å². The van der Waals surface area contributed by atoms with Gasteiger partial charge in [0, 0.05) is 6.54 Å². The molecule has 1 atom stereocenters. The lowest BCUT2D eigenvalue weighted by molar-refractivity contribution is 0.545. The maximum absolute atomic E-state index is 6.07. The third-order valence-corrected chi connectivity index (χ3v) is 2.71. The van der Waals surface area contributed by atoms with Gasteiger partial charge in [-0.1, -0.05) is 0 Å². The highest BCUT2D eigenvalue weighted by Crippen LogP contribution is 2.38. The van der Waals surface area contributed by atoms with Gasteiger partial charge in [0.05, 0.1) is 6.04 Å². The highest BCUT2D eigenvalue weighted by molar-refractivity contribution is 5.04. The Kier molecular flexibility index (Phi) is 2.07. The Bertz CT molecular complexity index is 301. The fourth-order valence-corrected chi connectivity index (χ4v) is 1.70. The van der Waals surface area contributed by atoms with E-state index in [2.05, 4.69) is 21.7 Å². The minimum Gasteiger partial charge on any atom is -0.321 e. The van der Waals surface area contributed by atoms with E-state index in [1.807, 2.05) is 6.92 Å². The van der Waals surface area contributed by atoms with Crippen molar-refractivity contribution in [2.45, 2.75) is 39.3 Å². The van der Waals surface area contributed by atoms with Gasteiger partial charge in [-0.3, -0.25) is 0 Å². The molecule has 1 unspecified atom stereocenters. The molecule has 4 heteroatoms. The molecule has 1 aliphatic rings. The Morgan fingerprint density at radius 3 is 2.77 bits per heavy atom. The minimum absolute atomic E-state index is 0.0983. The van der Waals surface area contributed by atoms with Crippen molar-refractivity contribution in [3.63, 3.8) is 0 Å². The fourth-order valence-electron chi connectivity index (χ4n) is 1.70. The summed E-state index contributed by atoms with van der Waals surface area (Å²) in [5.41, 5.74) is 6.07. The Balaban J connectivity index is 2.27. The zero-order chi connectivity index (χ0) is 9.42. The average molecular weight is 180 g/mol. The molecule has 2 rings (SSSR count). The summed E-state index contributed by atoms with van der Waals surface area (Å²) in [6, 6.07) is 0.0983. The minimum atomic E-state index is 0.0983. The highest BCUT2D eigenvalue weighted by Gasteiger charge is 2.32. The maximum Gasteiger partial charge on any atom is 0.150 e. The van der Waals surface area contributed by atoms with Crippen LogP contribution in [0.5, 0.6) is 0 Å². The van der Waals surface area contributed by atoms with E-state index in [0.29, 0.717) is 5.92 Å². The first-order valence-electron chi connectivity index (χ1n) is 4.89. The molecule has 0 spiro atoms. The molecule has 2 N–H and O–H groups in total. The first kappa shape index (κ1) is 8.69. The first-order chi connectivity index (χ1) is 6.24. The molecule has 1 fully saturated rings. The van der Waals surface area contributed by atoms with Gasteiger partial charge in [-0.25, -0.2) is 0 Å². The van der Waals surface area contributed by atoms with Gasteiger partial charge in [-0.05, 0) is 32.6 Å². The molecule has 0 aliphatic heterocycles. The van der Waals surface area contributed by atoms with E-state index in [0.717, 1.165) is 18.2 Å². The maximum atomic E-state index is 6.07. The second-order valence-corrected chi connectivity index (χ2v) is 3.71. The summed E-state index contributed by atoms with van der Waals surface area (Å²) in [5, 5.41) is 8.19. The van der Waals surface area contributed by atoms with Crippen molar-refractivity contribution in [3.05, 3.63) is 11.6 Å². The van der Waals surface area contributed by atoms with Crippen molar-refractivity contribution >= 4 is 0 Å². The Morgan fingerprint density at radius 1 is 1.54 bits per heavy atom. The molecule has 1 aliphatic carbocycles. The van der Waals surface area contributed by atoms with Gasteiger partial charge in [-0.15, -0.1) is 10.2 Å². The number of hydrogen-bond acceptors (Lipinski definition) is 3. The molecule has 0 radical (unpaired) electrons. The van der Waals surface area contributed by atoms with E-state index < -0.39 is 0 Å². The van der Waals surface area contributed by atoms with E-state index in [1.54, 1.807) is 0 Å². The summed E-state index contributed by atoms with van der Waals surface area (Å²) in [6.07, 6.45) is 2.49.